The number of nitrogens with one attached hydrogen (secondary N) is 1. The van der Waals surface area contributed by atoms with Gasteiger partial charge in [0.15, 0.2) is 11.4 Å². The van der Waals surface area contributed by atoms with Gasteiger partial charge < -0.3 is 10.1 Å². The maximum absolute atomic E-state index is 12.2. The molecule has 3 aromatic rings. The summed E-state index contributed by atoms with van der Waals surface area (Å²) < 4.78 is 0. The Bertz CT molecular complexity index is 912. The number of H-pyrrole nitrogens is 1. The maximum Gasteiger partial charge on any atom is 0.191 e. The molecule has 0 saturated heterocycles. The molecule has 2 N–H and O–H groups in total. The molecule has 1 aromatic carbocycles. The molecular weight excluding hydrogens is 290 g/mol. The summed E-state index contributed by atoms with van der Waals surface area (Å²) in [7, 11) is 0. The number of fused-ring (bicyclic) bond motifs is 1. The summed E-state index contributed by atoms with van der Waals surface area (Å²) in [5, 5.41) is 10.6. The van der Waals surface area contributed by atoms with E-state index in [1.54, 1.807) is 13.1 Å². The molecule has 5 heteroatoms. The molecular formula is C18H17N3O2. The minimum Gasteiger partial charge on any atom is -0.382 e. The molecule has 23 heavy (non-hydrogen) atoms. The van der Waals surface area contributed by atoms with Crippen molar-refractivity contribution in [2.45, 2.75) is 20.0 Å². The Hall–Kier alpha value is -2.79. The molecule has 0 amide bonds. The smallest absolute Gasteiger partial charge is 0.191 e. The Kier molecular flexibility index (Phi) is 3.80. The van der Waals surface area contributed by atoms with Crippen LogP contribution < -0.4 is 0 Å². The molecule has 2 aromatic heterocycles. The number of aromatic nitrogens is 3. The molecule has 0 aliphatic carbocycles. The van der Waals surface area contributed by atoms with Crippen molar-refractivity contribution in [2.75, 3.05) is 0 Å². The third-order valence-corrected chi connectivity index (χ3v) is 3.79. The number of nitrogens with zero attached hydrogens (tertiary/aromatic N) is 2. The Balaban J connectivity index is 2.09. The van der Waals surface area contributed by atoms with Crippen LogP contribution in [0, 0.1) is 6.92 Å². The van der Waals surface area contributed by atoms with Gasteiger partial charge in [0.25, 0.3) is 0 Å². The first-order valence-electron chi connectivity index (χ1n) is 7.27. The first kappa shape index (κ1) is 15.1. The van der Waals surface area contributed by atoms with Crippen LogP contribution in [0.5, 0.6) is 0 Å². The van der Waals surface area contributed by atoms with E-state index >= 15 is 0 Å². The number of rotatable bonds is 4. The second kappa shape index (κ2) is 5.78. The van der Waals surface area contributed by atoms with Gasteiger partial charge in [0.1, 0.15) is 11.6 Å². The number of allylic oxidation sites excluding steroid dienone is 1. The van der Waals surface area contributed by atoms with Crippen LogP contribution in [0.2, 0.25) is 0 Å². The SMILES string of the molecule is C=C(C)C(=O)c1c[nH]c2ncc(C(O)c3ccccc3C)nc12. The van der Waals surface area contributed by atoms with Gasteiger partial charge in [0.2, 0.25) is 0 Å². The van der Waals surface area contributed by atoms with Gasteiger partial charge in [-0.3, -0.25) is 4.79 Å². The number of aromatic amines is 1. The van der Waals surface area contributed by atoms with Crippen molar-refractivity contribution in [3.63, 3.8) is 0 Å². The van der Waals surface area contributed by atoms with Gasteiger partial charge in [-0.2, -0.15) is 0 Å². The number of hydrogen-bond acceptors (Lipinski definition) is 4. The molecule has 116 valence electrons. The van der Waals surface area contributed by atoms with Crippen LogP contribution in [0.3, 0.4) is 0 Å². The molecule has 0 saturated carbocycles. The minimum atomic E-state index is -0.893. The lowest BCUT2D eigenvalue weighted by Gasteiger charge is -2.13. The van der Waals surface area contributed by atoms with Gasteiger partial charge in [-0.25, -0.2) is 9.97 Å². The number of carbonyl (C=O) groups is 1. The van der Waals surface area contributed by atoms with Crippen LogP contribution in [-0.2, 0) is 0 Å². The van der Waals surface area contributed by atoms with Gasteiger partial charge in [0.05, 0.1) is 17.5 Å². The second-order valence-corrected chi connectivity index (χ2v) is 5.56. The number of aliphatic hydroxyl groups is 1. The molecule has 5 nitrogen and oxygen atoms in total. The van der Waals surface area contributed by atoms with Crippen molar-refractivity contribution in [1.82, 2.24) is 15.0 Å². The van der Waals surface area contributed by atoms with Crippen LogP contribution in [0.1, 0.15) is 40.2 Å². The van der Waals surface area contributed by atoms with E-state index in [2.05, 4.69) is 21.5 Å². The van der Waals surface area contributed by atoms with Crippen molar-refractivity contribution in [1.29, 1.82) is 0 Å². The number of benzene rings is 1. The topological polar surface area (TPSA) is 78.9 Å². The van der Waals surface area contributed by atoms with Gasteiger partial charge in [-0.05, 0) is 30.5 Å². The number of hydrogen-bond donors (Lipinski definition) is 2. The summed E-state index contributed by atoms with van der Waals surface area (Å²) in [6, 6.07) is 7.56. The number of ketones is 1. The highest BCUT2D eigenvalue weighted by Gasteiger charge is 2.19. The quantitative estimate of drug-likeness (QED) is 0.573. The molecule has 0 bridgehead atoms. The van der Waals surface area contributed by atoms with E-state index in [0.29, 0.717) is 28.0 Å². The Morgan fingerprint density at radius 1 is 1.35 bits per heavy atom. The molecule has 0 aliphatic heterocycles. The number of Topliss-reactive ketones (excluding diaryl/α,β-unsaturated/α-hetero) is 1. The van der Waals surface area contributed by atoms with Crippen LogP contribution in [-0.4, -0.2) is 25.8 Å². The van der Waals surface area contributed by atoms with E-state index in [4.69, 9.17) is 0 Å². The van der Waals surface area contributed by atoms with E-state index in [9.17, 15) is 9.90 Å². The zero-order valence-electron chi connectivity index (χ0n) is 13.0. The highest BCUT2D eigenvalue weighted by Crippen LogP contribution is 2.25. The zero-order chi connectivity index (χ0) is 16.6. The Labute approximate surface area is 133 Å². The van der Waals surface area contributed by atoms with Crippen LogP contribution >= 0.6 is 0 Å². The minimum absolute atomic E-state index is 0.187. The van der Waals surface area contributed by atoms with Gasteiger partial charge in [-0.1, -0.05) is 30.8 Å². The van der Waals surface area contributed by atoms with Crippen LogP contribution in [0.4, 0.5) is 0 Å². The summed E-state index contributed by atoms with van der Waals surface area (Å²) in [5.74, 6) is -0.187. The summed E-state index contributed by atoms with van der Waals surface area (Å²) in [5.41, 5.74) is 3.94. The standard InChI is InChI=1S/C18H17N3O2/c1-10(2)16(22)13-8-19-18-15(13)21-14(9-20-18)17(23)12-7-5-4-6-11(12)3/h4-9,17,23H,1H2,2-3H3,(H,19,20). The molecule has 1 atom stereocenters. The summed E-state index contributed by atoms with van der Waals surface area (Å²) in [6.45, 7) is 7.25. The van der Waals surface area contributed by atoms with Gasteiger partial charge >= 0.3 is 0 Å². The fourth-order valence-corrected chi connectivity index (χ4v) is 2.49. The Morgan fingerprint density at radius 2 is 2.09 bits per heavy atom. The monoisotopic (exact) mass is 307 g/mol. The Morgan fingerprint density at radius 3 is 2.78 bits per heavy atom. The summed E-state index contributed by atoms with van der Waals surface area (Å²) >= 11 is 0. The van der Waals surface area contributed by atoms with E-state index in [1.165, 1.54) is 6.20 Å². The third kappa shape index (κ3) is 2.66. The lowest BCUT2D eigenvalue weighted by atomic mass is 10.0. The van der Waals surface area contributed by atoms with Gasteiger partial charge in [0, 0.05) is 6.20 Å². The lowest BCUT2D eigenvalue weighted by molar-refractivity contribution is 0.103. The van der Waals surface area contributed by atoms with E-state index in [0.717, 1.165) is 11.1 Å². The highest BCUT2D eigenvalue weighted by atomic mass is 16.3. The molecule has 0 radical (unpaired) electrons. The van der Waals surface area contributed by atoms with E-state index in [-0.39, 0.29) is 5.78 Å². The summed E-state index contributed by atoms with van der Waals surface area (Å²) in [4.78, 5) is 23.8. The molecule has 1 unspecified atom stereocenters. The van der Waals surface area contributed by atoms with Crippen molar-refractivity contribution in [3.05, 3.63) is 71.2 Å². The highest BCUT2D eigenvalue weighted by molar-refractivity contribution is 6.14. The summed E-state index contributed by atoms with van der Waals surface area (Å²) in [6.07, 6.45) is 2.20. The molecule has 0 fully saturated rings. The number of aliphatic hydroxyl groups excluding tert-OH is 1. The molecule has 3 rings (SSSR count). The largest absolute Gasteiger partial charge is 0.382 e. The normalized spacial score (nSPS) is 12.3. The van der Waals surface area contributed by atoms with Crippen molar-refractivity contribution in [3.8, 4) is 0 Å². The van der Waals surface area contributed by atoms with Crippen molar-refractivity contribution < 1.29 is 9.90 Å². The number of aryl methyl sites for hydroxylation is 1. The third-order valence-electron chi connectivity index (χ3n) is 3.79. The molecule has 0 spiro atoms. The van der Waals surface area contributed by atoms with Crippen molar-refractivity contribution in [2.24, 2.45) is 0 Å². The molecule has 0 aliphatic rings. The predicted molar refractivity (Wildman–Crippen MR) is 88.3 cm³/mol. The van der Waals surface area contributed by atoms with Crippen LogP contribution in [0.25, 0.3) is 11.2 Å². The fraction of sp³-hybridized carbons (Fsp3) is 0.167. The van der Waals surface area contributed by atoms with Crippen LogP contribution in [0.15, 0.2) is 48.8 Å². The molecule has 2 heterocycles. The predicted octanol–water partition coefficient (Wildman–Crippen LogP) is 3.11. The van der Waals surface area contributed by atoms with E-state index in [1.807, 2.05) is 31.2 Å². The first-order valence-corrected chi connectivity index (χ1v) is 7.27. The average molecular weight is 307 g/mol. The lowest BCUT2D eigenvalue weighted by Crippen LogP contribution is -2.06. The average Bonchev–Trinajstić information content (AvgIpc) is 2.96. The van der Waals surface area contributed by atoms with E-state index < -0.39 is 6.10 Å². The van der Waals surface area contributed by atoms with Crippen molar-refractivity contribution >= 4 is 16.9 Å². The fourth-order valence-electron chi connectivity index (χ4n) is 2.49. The number of carbonyl (C=O) groups excluding carboxylic acids is 1. The first-order chi connectivity index (χ1) is 11.0. The van der Waals surface area contributed by atoms with Gasteiger partial charge in [-0.15, -0.1) is 0 Å². The second-order valence-electron chi connectivity index (χ2n) is 5.56. The zero-order valence-corrected chi connectivity index (χ0v) is 13.0. The maximum atomic E-state index is 12.2.